The minimum absolute atomic E-state index is 0. The van der Waals surface area contributed by atoms with Gasteiger partial charge in [-0.25, -0.2) is 0 Å². The molecule has 4 nitrogen and oxygen atoms in total. The van der Waals surface area contributed by atoms with Gasteiger partial charge >= 0.3 is 0 Å². The summed E-state index contributed by atoms with van der Waals surface area (Å²) in [6, 6.07) is 12.2. The Morgan fingerprint density at radius 3 is 2.60 bits per heavy atom. The second-order valence-corrected chi connectivity index (χ2v) is 6.11. The van der Waals surface area contributed by atoms with E-state index in [-0.39, 0.29) is 30.7 Å². The van der Waals surface area contributed by atoms with Crippen LogP contribution in [-0.2, 0) is 11.3 Å². The average Bonchev–Trinajstić information content (AvgIpc) is 3.13. The third-order valence-corrected chi connectivity index (χ3v) is 4.38. The third kappa shape index (κ3) is 6.65. The summed E-state index contributed by atoms with van der Waals surface area (Å²) in [7, 11) is 0. The van der Waals surface area contributed by atoms with Crippen molar-refractivity contribution in [3.05, 3.63) is 54.4 Å². The molecule has 0 saturated carbocycles. The number of hydrogen-bond donors (Lipinski definition) is 2. The molecular weight excluding hydrogens is 357 g/mol. The zero-order valence-electron chi connectivity index (χ0n) is 14.1. The van der Waals surface area contributed by atoms with E-state index in [4.69, 9.17) is 0 Å². The van der Waals surface area contributed by atoms with Crippen LogP contribution in [0, 0.1) is 5.92 Å². The summed E-state index contributed by atoms with van der Waals surface area (Å²) in [6.07, 6.45) is 6.44. The smallest absolute Gasteiger partial charge is 0.220 e. The van der Waals surface area contributed by atoms with E-state index in [1.807, 2.05) is 18.3 Å². The Kier molecular flexibility index (Phi) is 9.50. The summed E-state index contributed by atoms with van der Waals surface area (Å²) < 4.78 is 0. The summed E-state index contributed by atoms with van der Waals surface area (Å²) in [5.41, 5.74) is 3.36. The number of carbonyl (C=O) groups is 1. The Hall–Kier alpha value is -1.62. The van der Waals surface area contributed by atoms with Crippen LogP contribution in [0.5, 0.6) is 0 Å². The predicted molar refractivity (Wildman–Crippen MR) is 106 cm³/mol. The molecule has 1 aromatic carbocycles. The molecule has 25 heavy (non-hydrogen) atoms. The minimum atomic E-state index is 0. The number of rotatable bonds is 6. The van der Waals surface area contributed by atoms with Gasteiger partial charge in [-0.15, -0.1) is 24.8 Å². The normalized spacial score (nSPS) is 15.8. The number of hydrogen-bond acceptors (Lipinski definition) is 3. The Morgan fingerprint density at radius 1 is 1.16 bits per heavy atom. The van der Waals surface area contributed by atoms with Crippen LogP contribution in [0.1, 0.15) is 24.8 Å². The van der Waals surface area contributed by atoms with Crippen molar-refractivity contribution in [2.45, 2.75) is 25.8 Å². The number of aromatic nitrogens is 1. The monoisotopic (exact) mass is 381 g/mol. The van der Waals surface area contributed by atoms with Crippen LogP contribution >= 0.6 is 24.8 Å². The molecule has 1 atom stereocenters. The molecule has 2 aromatic rings. The first-order valence-corrected chi connectivity index (χ1v) is 8.28. The van der Waals surface area contributed by atoms with Gasteiger partial charge in [-0.3, -0.25) is 9.78 Å². The summed E-state index contributed by atoms with van der Waals surface area (Å²) in [5, 5.41) is 6.35. The van der Waals surface area contributed by atoms with Crippen molar-refractivity contribution < 1.29 is 4.79 Å². The van der Waals surface area contributed by atoms with Crippen LogP contribution in [0.2, 0.25) is 0 Å². The molecule has 1 aromatic heterocycles. The van der Waals surface area contributed by atoms with E-state index in [1.54, 1.807) is 6.20 Å². The Morgan fingerprint density at radius 2 is 1.96 bits per heavy atom. The maximum Gasteiger partial charge on any atom is 0.220 e. The van der Waals surface area contributed by atoms with Crippen molar-refractivity contribution in [1.29, 1.82) is 0 Å². The number of halogens is 2. The Balaban J connectivity index is 0.00000156. The maximum absolute atomic E-state index is 11.9. The molecule has 0 bridgehead atoms. The molecule has 1 fully saturated rings. The lowest BCUT2D eigenvalue weighted by Gasteiger charge is -2.09. The van der Waals surface area contributed by atoms with Crippen LogP contribution < -0.4 is 10.6 Å². The fourth-order valence-corrected chi connectivity index (χ4v) is 2.93. The molecule has 2 heterocycles. The third-order valence-electron chi connectivity index (χ3n) is 4.38. The van der Waals surface area contributed by atoms with E-state index in [0.717, 1.165) is 36.2 Å². The predicted octanol–water partition coefficient (Wildman–Crippen LogP) is 3.60. The number of carbonyl (C=O) groups excluding carboxylic acids is 1. The molecule has 0 spiro atoms. The lowest BCUT2D eigenvalue weighted by Crippen LogP contribution is -2.23. The number of amides is 1. The van der Waals surface area contributed by atoms with Gasteiger partial charge < -0.3 is 10.6 Å². The van der Waals surface area contributed by atoms with Crippen molar-refractivity contribution >= 4 is 30.7 Å². The topological polar surface area (TPSA) is 54.0 Å². The Labute approximate surface area is 161 Å². The van der Waals surface area contributed by atoms with Gasteiger partial charge in [0.05, 0.1) is 0 Å². The second kappa shape index (κ2) is 11.1. The molecule has 1 aliphatic rings. The fraction of sp³-hybridized carbons (Fsp3) is 0.368. The molecule has 1 unspecified atom stereocenters. The van der Waals surface area contributed by atoms with E-state index in [1.165, 1.54) is 6.42 Å². The van der Waals surface area contributed by atoms with E-state index >= 15 is 0 Å². The molecule has 6 heteroatoms. The number of nitrogens with zero attached hydrogens (tertiary/aromatic N) is 1. The highest BCUT2D eigenvalue weighted by Gasteiger charge is 2.15. The van der Waals surface area contributed by atoms with Gasteiger partial charge in [0.1, 0.15) is 0 Å². The number of nitrogens with one attached hydrogen (secondary N) is 2. The van der Waals surface area contributed by atoms with Gasteiger partial charge in [0.15, 0.2) is 0 Å². The van der Waals surface area contributed by atoms with Gasteiger partial charge in [-0.1, -0.05) is 30.3 Å². The molecule has 3 rings (SSSR count). The lowest BCUT2D eigenvalue weighted by atomic mass is 10.0. The highest BCUT2D eigenvalue weighted by atomic mass is 35.5. The maximum atomic E-state index is 11.9. The largest absolute Gasteiger partial charge is 0.352 e. The quantitative estimate of drug-likeness (QED) is 0.803. The van der Waals surface area contributed by atoms with Gasteiger partial charge in [0.25, 0.3) is 0 Å². The Bertz CT molecular complexity index is 629. The molecule has 1 saturated heterocycles. The van der Waals surface area contributed by atoms with Crippen LogP contribution in [0.4, 0.5) is 0 Å². The van der Waals surface area contributed by atoms with Crippen molar-refractivity contribution in [3.8, 4) is 11.1 Å². The molecule has 1 aliphatic heterocycles. The summed E-state index contributed by atoms with van der Waals surface area (Å²) in [5.74, 6) is 0.813. The van der Waals surface area contributed by atoms with E-state index in [0.29, 0.717) is 18.9 Å². The summed E-state index contributed by atoms with van der Waals surface area (Å²) in [4.78, 5) is 16.1. The zero-order chi connectivity index (χ0) is 15.9. The molecule has 2 N–H and O–H groups in total. The average molecular weight is 382 g/mol. The van der Waals surface area contributed by atoms with Crippen LogP contribution in [0.3, 0.4) is 0 Å². The van der Waals surface area contributed by atoms with Crippen molar-refractivity contribution in [2.75, 3.05) is 13.1 Å². The molecular formula is C19H25Cl2N3O. The first-order valence-electron chi connectivity index (χ1n) is 8.28. The van der Waals surface area contributed by atoms with E-state index < -0.39 is 0 Å². The van der Waals surface area contributed by atoms with Crippen LogP contribution in [-0.4, -0.2) is 24.0 Å². The van der Waals surface area contributed by atoms with E-state index in [2.05, 4.69) is 39.9 Å². The first-order chi connectivity index (χ1) is 11.3. The van der Waals surface area contributed by atoms with Crippen molar-refractivity contribution in [1.82, 2.24) is 15.6 Å². The lowest BCUT2D eigenvalue weighted by molar-refractivity contribution is -0.121. The molecule has 136 valence electrons. The van der Waals surface area contributed by atoms with Gasteiger partial charge in [0.2, 0.25) is 5.91 Å². The second-order valence-electron chi connectivity index (χ2n) is 6.11. The van der Waals surface area contributed by atoms with Crippen molar-refractivity contribution in [2.24, 2.45) is 5.92 Å². The van der Waals surface area contributed by atoms with Gasteiger partial charge in [-0.2, -0.15) is 0 Å². The van der Waals surface area contributed by atoms with Gasteiger partial charge in [-0.05, 0) is 54.6 Å². The van der Waals surface area contributed by atoms with E-state index in [9.17, 15) is 4.79 Å². The zero-order valence-corrected chi connectivity index (χ0v) is 15.7. The minimum Gasteiger partial charge on any atom is -0.352 e. The highest BCUT2D eigenvalue weighted by Crippen LogP contribution is 2.18. The summed E-state index contributed by atoms with van der Waals surface area (Å²) in [6.45, 7) is 2.74. The first kappa shape index (κ1) is 21.4. The van der Waals surface area contributed by atoms with Crippen molar-refractivity contribution in [3.63, 3.8) is 0 Å². The molecule has 0 aliphatic carbocycles. The van der Waals surface area contributed by atoms with Crippen LogP contribution in [0.25, 0.3) is 11.1 Å². The molecule has 1 amide bonds. The fourth-order valence-electron chi connectivity index (χ4n) is 2.93. The molecule has 0 radical (unpaired) electrons. The standard InChI is InChI=1S/C19H23N3O.2ClH/c23-19(8-5-16-9-11-21-12-16)22-13-15-3-6-17(7-4-15)18-2-1-10-20-14-18;;/h1-4,6-7,10,14,16,21H,5,8-9,11-13H2,(H,22,23);2*1H. The van der Waals surface area contributed by atoms with Gasteiger partial charge in [0, 0.05) is 25.4 Å². The highest BCUT2D eigenvalue weighted by molar-refractivity contribution is 5.85. The number of benzene rings is 1. The number of pyridine rings is 1. The SMILES string of the molecule is Cl.Cl.O=C(CCC1CCNC1)NCc1ccc(-c2cccnc2)cc1. The van der Waals surface area contributed by atoms with Crippen LogP contribution in [0.15, 0.2) is 48.8 Å². The summed E-state index contributed by atoms with van der Waals surface area (Å²) >= 11 is 0.